The van der Waals surface area contributed by atoms with Crippen LogP contribution in [0.3, 0.4) is 0 Å². The second kappa shape index (κ2) is 6.04. The third kappa shape index (κ3) is 3.31. The first-order valence-electron chi connectivity index (χ1n) is 4.69. The maximum atomic E-state index is 13.0. The van der Waals surface area contributed by atoms with Gasteiger partial charge >= 0.3 is 0 Å². The molecule has 1 rings (SSSR count). The summed E-state index contributed by atoms with van der Waals surface area (Å²) in [6.07, 6.45) is 3.11. The number of thioether (sulfide) groups is 1. The van der Waals surface area contributed by atoms with Crippen molar-refractivity contribution in [3.8, 4) is 0 Å². The van der Waals surface area contributed by atoms with Crippen LogP contribution in [0, 0.1) is 5.82 Å². The summed E-state index contributed by atoms with van der Waals surface area (Å²) in [4.78, 5) is 0. The number of hydrogen-bond acceptors (Lipinski definition) is 2. The van der Waals surface area contributed by atoms with E-state index < -0.39 is 0 Å². The molecule has 0 radical (unpaired) electrons. The number of halogens is 1. The Kier molecular flexibility index (Phi) is 4.98. The molecule has 0 aliphatic carbocycles. The Bertz CT molecular complexity index is 278. The summed E-state index contributed by atoms with van der Waals surface area (Å²) in [5.74, 6) is 0.925. The van der Waals surface area contributed by atoms with Crippen molar-refractivity contribution in [3.63, 3.8) is 0 Å². The van der Waals surface area contributed by atoms with Crippen LogP contribution in [0.5, 0.6) is 0 Å². The Morgan fingerprint density at radius 1 is 1.50 bits per heavy atom. The molecule has 1 aromatic carbocycles. The highest BCUT2D eigenvalue weighted by molar-refractivity contribution is 7.98. The van der Waals surface area contributed by atoms with E-state index in [1.54, 1.807) is 12.1 Å². The molecule has 0 saturated heterocycles. The zero-order valence-corrected chi connectivity index (χ0v) is 9.40. The van der Waals surface area contributed by atoms with Crippen LogP contribution in [0.2, 0.25) is 0 Å². The van der Waals surface area contributed by atoms with E-state index >= 15 is 0 Å². The van der Waals surface area contributed by atoms with E-state index in [9.17, 15) is 4.39 Å². The summed E-state index contributed by atoms with van der Waals surface area (Å²) in [7, 11) is 1.91. The number of hydrogen-bond donors (Lipinski definition) is 1. The van der Waals surface area contributed by atoms with Crippen molar-refractivity contribution in [1.29, 1.82) is 0 Å². The van der Waals surface area contributed by atoms with Crippen LogP contribution in [-0.2, 0) is 0 Å². The summed E-state index contributed by atoms with van der Waals surface area (Å²) in [5.41, 5.74) is 1.03. The zero-order chi connectivity index (χ0) is 10.4. The second-order valence-electron chi connectivity index (χ2n) is 3.18. The molecule has 0 aliphatic heterocycles. The van der Waals surface area contributed by atoms with Gasteiger partial charge in [-0.1, -0.05) is 12.1 Å². The molecule has 0 bridgehead atoms. The summed E-state index contributed by atoms with van der Waals surface area (Å²) in [6.45, 7) is 0. The average Bonchev–Trinajstić information content (AvgIpc) is 2.19. The minimum atomic E-state index is -0.160. The van der Waals surface area contributed by atoms with E-state index in [4.69, 9.17) is 0 Å². The standard InChI is InChI=1S/C11H16FNS/c1-13-11(6-7-14-2)9-4-3-5-10(12)8-9/h3-5,8,11,13H,6-7H2,1-2H3. The maximum absolute atomic E-state index is 13.0. The van der Waals surface area contributed by atoms with E-state index in [1.807, 2.05) is 24.9 Å². The lowest BCUT2D eigenvalue weighted by molar-refractivity contribution is 0.569. The van der Waals surface area contributed by atoms with Crippen molar-refractivity contribution < 1.29 is 4.39 Å². The van der Waals surface area contributed by atoms with Crippen LogP contribution in [0.25, 0.3) is 0 Å². The molecule has 0 aliphatic rings. The molecule has 3 heteroatoms. The number of rotatable bonds is 5. The molecule has 1 aromatic rings. The Labute approximate surface area is 89.1 Å². The SMILES string of the molecule is CNC(CCSC)c1cccc(F)c1. The molecule has 0 fully saturated rings. The van der Waals surface area contributed by atoms with E-state index in [1.165, 1.54) is 6.07 Å². The second-order valence-corrected chi connectivity index (χ2v) is 4.16. The fourth-order valence-electron chi connectivity index (χ4n) is 1.44. The first kappa shape index (κ1) is 11.5. The van der Waals surface area contributed by atoms with Gasteiger partial charge in [-0.3, -0.25) is 0 Å². The van der Waals surface area contributed by atoms with Crippen molar-refractivity contribution in [1.82, 2.24) is 5.32 Å². The molecule has 0 amide bonds. The van der Waals surface area contributed by atoms with Gasteiger partial charge in [-0.2, -0.15) is 11.8 Å². The highest BCUT2D eigenvalue weighted by Crippen LogP contribution is 2.18. The van der Waals surface area contributed by atoms with Gasteiger partial charge in [0.25, 0.3) is 0 Å². The van der Waals surface area contributed by atoms with E-state index in [0.717, 1.165) is 17.7 Å². The largest absolute Gasteiger partial charge is 0.313 e. The Balaban J connectivity index is 2.68. The van der Waals surface area contributed by atoms with Gasteiger partial charge in [-0.15, -0.1) is 0 Å². The lowest BCUT2D eigenvalue weighted by Gasteiger charge is -2.15. The summed E-state index contributed by atoms with van der Waals surface area (Å²) in [5, 5.41) is 3.20. The fraction of sp³-hybridized carbons (Fsp3) is 0.455. The molecular formula is C11H16FNS. The van der Waals surface area contributed by atoms with E-state index in [-0.39, 0.29) is 11.9 Å². The first-order chi connectivity index (χ1) is 6.77. The molecule has 0 heterocycles. The van der Waals surface area contributed by atoms with Crippen LogP contribution in [0.1, 0.15) is 18.0 Å². The van der Waals surface area contributed by atoms with Gasteiger partial charge < -0.3 is 5.32 Å². The van der Waals surface area contributed by atoms with Crippen molar-refractivity contribution >= 4 is 11.8 Å². The summed E-state index contributed by atoms with van der Waals surface area (Å²) >= 11 is 1.81. The first-order valence-corrected chi connectivity index (χ1v) is 6.09. The van der Waals surface area contributed by atoms with Crippen LogP contribution >= 0.6 is 11.8 Å². The number of nitrogens with one attached hydrogen (secondary N) is 1. The topological polar surface area (TPSA) is 12.0 Å². The quantitative estimate of drug-likeness (QED) is 0.807. The molecule has 0 saturated carbocycles. The van der Waals surface area contributed by atoms with Crippen LogP contribution in [-0.4, -0.2) is 19.1 Å². The minimum absolute atomic E-state index is 0.160. The lowest BCUT2D eigenvalue weighted by atomic mass is 10.0. The Morgan fingerprint density at radius 2 is 2.29 bits per heavy atom. The molecule has 1 N–H and O–H groups in total. The van der Waals surface area contributed by atoms with Gasteiger partial charge in [-0.25, -0.2) is 4.39 Å². The molecule has 78 valence electrons. The van der Waals surface area contributed by atoms with Crippen molar-refractivity contribution in [2.45, 2.75) is 12.5 Å². The van der Waals surface area contributed by atoms with Gasteiger partial charge in [0.05, 0.1) is 0 Å². The normalized spacial score (nSPS) is 12.8. The third-order valence-corrected chi connectivity index (χ3v) is 2.85. The molecule has 1 unspecified atom stereocenters. The fourth-order valence-corrected chi connectivity index (χ4v) is 1.91. The summed E-state index contributed by atoms with van der Waals surface area (Å²) in [6, 6.07) is 7.06. The average molecular weight is 213 g/mol. The highest BCUT2D eigenvalue weighted by Gasteiger charge is 2.08. The molecule has 1 atom stereocenters. The Morgan fingerprint density at radius 3 is 2.86 bits per heavy atom. The molecule has 0 spiro atoms. The van der Waals surface area contributed by atoms with Gasteiger partial charge in [0.15, 0.2) is 0 Å². The van der Waals surface area contributed by atoms with Crippen LogP contribution < -0.4 is 5.32 Å². The third-order valence-electron chi connectivity index (χ3n) is 2.21. The predicted molar refractivity (Wildman–Crippen MR) is 61.2 cm³/mol. The molecular weight excluding hydrogens is 197 g/mol. The molecule has 1 nitrogen and oxygen atoms in total. The van der Waals surface area contributed by atoms with Gasteiger partial charge in [0.2, 0.25) is 0 Å². The molecule has 0 aromatic heterocycles. The van der Waals surface area contributed by atoms with Gasteiger partial charge in [-0.05, 0) is 43.2 Å². The van der Waals surface area contributed by atoms with Gasteiger partial charge in [0, 0.05) is 6.04 Å². The minimum Gasteiger partial charge on any atom is -0.313 e. The van der Waals surface area contributed by atoms with Crippen molar-refractivity contribution in [2.24, 2.45) is 0 Å². The predicted octanol–water partition coefficient (Wildman–Crippen LogP) is 2.84. The maximum Gasteiger partial charge on any atom is 0.123 e. The zero-order valence-electron chi connectivity index (χ0n) is 8.59. The van der Waals surface area contributed by atoms with E-state index in [2.05, 4.69) is 11.6 Å². The summed E-state index contributed by atoms with van der Waals surface area (Å²) < 4.78 is 13.0. The Hall–Kier alpha value is -0.540. The number of benzene rings is 1. The van der Waals surface area contributed by atoms with Crippen molar-refractivity contribution in [2.75, 3.05) is 19.1 Å². The monoisotopic (exact) mass is 213 g/mol. The van der Waals surface area contributed by atoms with Gasteiger partial charge in [0.1, 0.15) is 5.82 Å². The van der Waals surface area contributed by atoms with Crippen LogP contribution in [0.4, 0.5) is 4.39 Å². The lowest BCUT2D eigenvalue weighted by Crippen LogP contribution is -2.17. The smallest absolute Gasteiger partial charge is 0.123 e. The van der Waals surface area contributed by atoms with E-state index in [0.29, 0.717) is 0 Å². The molecule has 14 heavy (non-hydrogen) atoms. The van der Waals surface area contributed by atoms with Crippen LogP contribution in [0.15, 0.2) is 24.3 Å². The highest BCUT2D eigenvalue weighted by atomic mass is 32.2. The van der Waals surface area contributed by atoms with Crippen molar-refractivity contribution in [3.05, 3.63) is 35.6 Å².